The van der Waals surface area contributed by atoms with Crippen LogP contribution >= 0.6 is 23.1 Å². The summed E-state index contributed by atoms with van der Waals surface area (Å²) in [4.78, 5) is 57.0. The molecular weight excluding hydrogens is 426 g/mol. The van der Waals surface area contributed by atoms with Crippen LogP contribution in [0.4, 0.5) is 5.82 Å². The first-order chi connectivity index (χ1) is 14.1. The highest BCUT2D eigenvalue weighted by atomic mass is 32.2. The summed E-state index contributed by atoms with van der Waals surface area (Å²) in [7, 11) is 4.34. The Morgan fingerprint density at radius 1 is 1.10 bits per heavy atom. The van der Waals surface area contributed by atoms with Crippen molar-refractivity contribution >= 4 is 44.9 Å². The minimum Gasteiger partial charge on any atom is -0.384 e. The summed E-state index contributed by atoms with van der Waals surface area (Å²) in [6, 6.07) is 0. The van der Waals surface area contributed by atoms with Crippen LogP contribution < -0.4 is 22.5 Å². The van der Waals surface area contributed by atoms with Gasteiger partial charge in [0.2, 0.25) is 0 Å². The number of nitrogens with two attached hydrogens (primary N) is 1. The second-order valence-corrected chi connectivity index (χ2v) is 9.78. The van der Waals surface area contributed by atoms with E-state index in [1.165, 1.54) is 34.9 Å². The molecule has 1 aliphatic rings. The maximum absolute atomic E-state index is 13.0. The van der Waals surface area contributed by atoms with E-state index in [4.69, 9.17) is 5.73 Å². The Hall–Kier alpha value is -2.66. The highest BCUT2D eigenvalue weighted by molar-refractivity contribution is 8.00. The second-order valence-electron chi connectivity index (χ2n) is 7.39. The SMILES string of the molecule is C[C@@H](Sc1nc2sc3c(c2c(=O)n1C)CCC3)C(=O)c1c(N)n(C)c(=O)n(C)c1=O. The number of thiophene rings is 1. The van der Waals surface area contributed by atoms with Crippen molar-refractivity contribution in [3.05, 3.63) is 47.2 Å². The fraction of sp³-hybridized carbons (Fsp3) is 0.421. The number of aromatic nitrogens is 4. The molecule has 0 spiro atoms. The number of ketones is 1. The van der Waals surface area contributed by atoms with E-state index in [1.54, 1.807) is 14.0 Å². The van der Waals surface area contributed by atoms with Crippen LogP contribution in [0.15, 0.2) is 19.5 Å². The number of nitrogen functional groups attached to an aromatic ring is 1. The topological polar surface area (TPSA) is 122 Å². The van der Waals surface area contributed by atoms with Gasteiger partial charge in [-0.15, -0.1) is 11.3 Å². The van der Waals surface area contributed by atoms with Gasteiger partial charge in [0.25, 0.3) is 11.1 Å². The van der Waals surface area contributed by atoms with E-state index >= 15 is 0 Å². The molecule has 0 radical (unpaired) electrons. The van der Waals surface area contributed by atoms with E-state index in [0.717, 1.165) is 45.7 Å². The molecule has 30 heavy (non-hydrogen) atoms. The van der Waals surface area contributed by atoms with E-state index in [0.29, 0.717) is 15.4 Å². The van der Waals surface area contributed by atoms with E-state index < -0.39 is 22.3 Å². The molecule has 1 atom stereocenters. The van der Waals surface area contributed by atoms with E-state index in [-0.39, 0.29) is 16.9 Å². The smallest absolute Gasteiger partial charge is 0.332 e. The molecular formula is C19H21N5O4S2. The predicted octanol–water partition coefficient (Wildman–Crippen LogP) is 0.827. The van der Waals surface area contributed by atoms with Crippen LogP contribution in [-0.2, 0) is 34.0 Å². The van der Waals surface area contributed by atoms with Crippen molar-refractivity contribution in [2.45, 2.75) is 36.6 Å². The molecule has 0 bridgehead atoms. The number of anilines is 1. The third-order valence-corrected chi connectivity index (χ3v) is 7.84. The average molecular weight is 448 g/mol. The Bertz CT molecular complexity index is 1400. The maximum Gasteiger partial charge on any atom is 0.332 e. The van der Waals surface area contributed by atoms with Gasteiger partial charge in [-0.05, 0) is 31.7 Å². The van der Waals surface area contributed by atoms with Gasteiger partial charge < -0.3 is 5.73 Å². The normalized spacial score (nSPS) is 14.3. The monoisotopic (exact) mass is 447 g/mol. The fourth-order valence-corrected chi connectivity index (χ4v) is 5.95. The van der Waals surface area contributed by atoms with Gasteiger partial charge in [0.05, 0.1) is 10.6 Å². The van der Waals surface area contributed by atoms with Gasteiger partial charge >= 0.3 is 5.69 Å². The van der Waals surface area contributed by atoms with Crippen LogP contribution in [0, 0.1) is 0 Å². The van der Waals surface area contributed by atoms with Gasteiger partial charge in [-0.2, -0.15) is 0 Å². The van der Waals surface area contributed by atoms with Crippen LogP contribution in [-0.4, -0.2) is 29.7 Å². The fourth-order valence-electron chi connectivity index (χ4n) is 3.72. The summed E-state index contributed by atoms with van der Waals surface area (Å²) < 4.78 is 3.37. The zero-order valence-corrected chi connectivity index (χ0v) is 18.6. The highest BCUT2D eigenvalue weighted by Gasteiger charge is 2.28. The lowest BCUT2D eigenvalue weighted by Gasteiger charge is -2.15. The average Bonchev–Trinajstić information content (AvgIpc) is 3.29. The number of nitrogens with zero attached hydrogens (tertiary/aromatic N) is 4. The quantitative estimate of drug-likeness (QED) is 0.357. The second kappa shape index (κ2) is 7.24. The first-order valence-corrected chi connectivity index (χ1v) is 11.1. The van der Waals surface area contributed by atoms with Gasteiger partial charge in [0.15, 0.2) is 10.9 Å². The molecule has 2 N–H and O–H groups in total. The minimum absolute atomic E-state index is 0.126. The van der Waals surface area contributed by atoms with E-state index in [9.17, 15) is 19.2 Å². The lowest BCUT2D eigenvalue weighted by atomic mass is 10.1. The van der Waals surface area contributed by atoms with Crippen LogP contribution in [0.25, 0.3) is 10.2 Å². The van der Waals surface area contributed by atoms with Gasteiger partial charge in [0, 0.05) is 26.0 Å². The molecule has 11 heteroatoms. The molecule has 158 valence electrons. The van der Waals surface area contributed by atoms with Crippen molar-refractivity contribution in [1.29, 1.82) is 0 Å². The van der Waals surface area contributed by atoms with Gasteiger partial charge in [-0.3, -0.25) is 28.1 Å². The lowest BCUT2D eigenvalue weighted by molar-refractivity contribution is 0.0992. The van der Waals surface area contributed by atoms with Gasteiger partial charge in [0.1, 0.15) is 16.2 Å². The summed E-state index contributed by atoms with van der Waals surface area (Å²) in [6.07, 6.45) is 2.91. The van der Waals surface area contributed by atoms with Crippen molar-refractivity contribution < 1.29 is 4.79 Å². The molecule has 0 aromatic carbocycles. The van der Waals surface area contributed by atoms with Crippen molar-refractivity contribution in [3.63, 3.8) is 0 Å². The summed E-state index contributed by atoms with van der Waals surface area (Å²) >= 11 is 2.63. The zero-order valence-electron chi connectivity index (χ0n) is 17.0. The lowest BCUT2D eigenvalue weighted by Crippen LogP contribution is -2.42. The van der Waals surface area contributed by atoms with Crippen LogP contribution in [0.1, 0.15) is 34.1 Å². The molecule has 3 aromatic heterocycles. The largest absolute Gasteiger partial charge is 0.384 e. The number of Topliss-reactive ketones (excluding diaryl/α,β-unsaturated/α-hetero) is 1. The van der Waals surface area contributed by atoms with Crippen LogP contribution in [0.5, 0.6) is 0 Å². The number of hydrogen-bond donors (Lipinski definition) is 1. The van der Waals surface area contributed by atoms with Crippen LogP contribution in [0.3, 0.4) is 0 Å². The molecule has 3 aromatic rings. The molecule has 0 aliphatic heterocycles. The molecule has 0 amide bonds. The molecule has 0 unspecified atom stereocenters. The minimum atomic E-state index is -0.736. The molecule has 3 heterocycles. The van der Waals surface area contributed by atoms with E-state index in [2.05, 4.69) is 4.98 Å². The number of carbonyl (C=O) groups is 1. The number of thioether (sulfide) groups is 1. The Kier molecular flexibility index (Phi) is 4.97. The third-order valence-electron chi connectivity index (χ3n) is 5.51. The first-order valence-electron chi connectivity index (χ1n) is 9.41. The summed E-state index contributed by atoms with van der Waals surface area (Å²) in [5, 5.41) is 0.336. The summed E-state index contributed by atoms with van der Waals surface area (Å²) in [5.41, 5.74) is 5.31. The van der Waals surface area contributed by atoms with Gasteiger partial charge in [-0.1, -0.05) is 11.8 Å². The summed E-state index contributed by atoms with van der Waals surface area (Å²) in [6.45, 7) is 1.63. The Balaban J connectivity index is 1.74. The number of carbonyl (C=O) groups excluding carboxylic acids is 1. The Morgan fingerprint density at radius 2 is 1.80 bits per heavy atom. The van der Waals surface area contributed by atoms with E-state index in [1.807, 2.05) is 0 Å². The molecule has 0 fully saturated rings. The van der Waals surface area contributed by atoms with Crippen molar-refractivity contribution in [1.82, 2.24) is 18.7 Å². The Morgan fingerprint density at radius 3 is 2.50 bits per heavy atom. The zero-order chi connectivity index (χ0) is 21.9. The highest BCUT2D eigenvalue weighted by Crippen LogP contribution is 2.36. The number of fused-ring (bicyclic) bond motifs is 3. The first kappa shape index (κ1) is 20.6. The van der Waals surface area contributed by atoms with Crippen molar-refractivity contribution in [3.8, 4) is 0 Å². The summed E-state index contributed by atoms with van der Waals surface area (Å²) in [5.74, 6) is -0.691. The van der Waals surface area contributed by atoms with Crippen molar-refractivity contribution in [2.24, 2.45) is 21.1 Å². The Labute approximate surface area is 179 Å². The maximum atomic E-state index is 13.0. The number of aryl methyl sites for hydroxylation is 2. The molecule has 4 rings (SSSR count). The van der Waals surface area contributed by atoms with Crippen LogP contribution in [0.2, 0.25) is 0 Å². The number of hydrogen-bond acceptors (Lipinski definition) is 8. The van der Waals surface area contributed by atoms with Gasteiger partial charge in [-0.25, -0.2) is 9.78 Å². The third kappa shape index (κ3) is 2.95. The predicted molar refractivity (Wildman–Crippen MR) is 118 cm³/mol. The molecule has 0 saturated heterocycles. The van der Waals surface area contributed by atoms with Crippen molar-refractivity contribution in [2.75, 3.05) is 5.73 Å². The number of rotatable bonds is 4. The molecule has 1 aliphatic carbocycles. The molecule has 9 nitrogen and oxygen atoms in total. The standard InChI is InChI=1S/C19H21N5O4S2/c1-8(13(25)12-14(20)22(2)19(28)24(4)17(12)27)29-18-21-15-11(16(26)23(18)3)9-6-5-7-10(9)30-15/h8H,5-7,20H2,1-4H3/t8-/m1/s1. The molecule has 0 saturated carbocycles.